The zero-order chi connectivity index (χ0) is 22.6. The monoisotopic (exact) mass is 502 g/mol. The number of thiazole rings is 1. The minimum atomic E-state index is -4.24. The van der Waals surface area contributed by atoms with Gasteiger partial charge in [0.2, 0.25) is 0 Å². The van der Waals surface area contributed by atoms with Gasteiger partial charge >= 0.3 is 16.1 Å². The third-order valence-electron chi connectivity index (χ3n) is 4.02. The summed E-state index contributed by atoms with van der Waals surface area (Å²) in [6.07, 6.45) is 0.824. The molecule has 0 spiro atoms. The highest BCUT2D eigenvalue weighted by atomic mass is 35.5. The standard InChI is InChI=1S/C19H20Cl2N4O4S2/c1-25(2)10-4-9-22-18(26)24-19-23-15-8-7-12(11-16(15)30-19)29-31(27,28)17-13(20)5-3-6-14(17)21/h3,5-8,11H,4,9-10H2,1-2H3,(H2,22,23,24,26). The third kappa shape index (κ3) is 6.20. The van der Waals surface area contributed by atoms with Crippen molar-refractivity contribution in [3.63, 3.8) is 0 Å². The molecule has 2 N–H and O–H groups in total. The second-order valence-electron chi connectivity index (χ2n) is 6.77. The predicted octanol–water partition coefficient (Wildman–Crippen LogP) is 4.44. The predicted molar refractivity (Wildman–Crippen MR) is 124 cm³/mol. The SMILES string of the molecule is CN(C)CCCNC(=O)Nc1nc2ccc(OS(=O)(=O)c3c(Cl)cccc3Cl)cc2s1. The van der Waals surface area contributed by atoms with E-state index in [4.69, 9.17) is 27.4 Å². The Bertz CT molecular complexity index is 1180. The number of hydrogen-bond acceptors (Lipinski definition) is 7. The Kier molecular flexibility index (Phi) is 7.60. The molecule has 0 atom stereocenters. The van der Waals surface area contributed by atoms with Crippen molar-refractivity contribution in [3.05, 3.63) is 46.4 Å². The van der Waals surface area contributed by atoms with Crippen molar-refractivity contribution >= 4 is 66.0 Å². The van der Waals surface area contributed by atoms with Crippen molar-refractivity contribution < 1.29 is 17.4 Å². The molecule has 0 saturated carbocycles. The van der Waals surface area contributed by atoms with E-state index in [0.29, 0.717) is 21.9 Å². The van der Waals surface area contributed by atoms with E-state index in [0.717, 1.165) is 13.0 Å². The zero-order valence-corrected chi connectivity index (χ0v) is 19.8. The molecule has 3 aromatic rings. The summed E-state index contributed by atoms with van der Waals surface area (Å²) in [7, 11) is -0.306. The molecule has 0 bridgehead atoms. The van der Waals surface area contributed by atoms with Gasteiger partial charge in [0, 0.05) is 12.6 Å². The molecular formula is C19H20Cl2N4O4S2. The molecule has 2 aromatic carbocycles. The first-order valence-corrected chi connectivity index (χ1v) is 12.1. The molecular weight excluding hydrogens is 483 g/mol. The van der Waals surface area contributed by atoms with Crippen LogP contribution in [-0.2, 0) is 10.1 Å². The Morgan fingerprint density at radius 3 is 2.58 bits per heavy atom. The molecule has 1 aromatic heterocycles. The molecule has 12 heteroatoms. The van der Waals surface area contributed by atoms with Crippen LogP contribution in [0, 0.1) is 0 Å². The van der Waals surface area contributed by atoms with Crippen molar-refractivity contribution in [2.45, 2.75) is 11.3 Å². The topological polar surface area (TPSA) is 101 Å². The van der Waals surface area contributed by atoms with Crippen LogP contribution in [0.3, 0.4) is 0 Å². The van der Waals surface area contributed by atoms with Crippen molar-refractivity contribution in [1.82, 2.24) is 15.2 Å². The normalized spacial score (nSPS) is 11.6. The van der Waals surface area contributed by atoms with E-state index in [9.17, 15) is 13.2 Å². The van der Waals surface area contributed by atoms with Gasteiger partial charge in [0.1, 0.15) is 10.6 Å². The highest BCUT2D eigenvalue weighted by Crippen LogP contribution is 2.33. The number of aromatic nitrogens is 1. The summed E-state index contributed by atoms with van der Waals surface area (Å²) in [5, 5.41) is 5.76. The highest BCUT2D eigenvalue weighted by molar-refractivity contribution is 7.87. The number of carbonyl (C=O) groups excluding carboxylic acids is 1. The zero-order valence-electron chi connectivity index (χ0n) is 16.7. The summed E-state index contributed by atoms with van der Waals surface area (Å²) in [6.45, 7) is 1.40. The lowest BCUT2D eigenvalue weighted by atomic mass is 10.3. The summed E-state index contributed by atoms with van der Waals surface area (Å²) < 4.78 is 31.1. The summed E-state index contributed by atoms with van der Waals surface area (Å²) in [5.74, 6) is 0.0758. The van der Waals surface area contributed by atoms with Gasteiger partial charge in [-0.25, -0.2) is 9.78 Å². The van der Waals surface area contributed by atoms with Gasteiger partial charge in [0.15, 0.2) is 5.13 Å². The third-order valence-corrected chi connectivity index (χ3v) is 7.16. The first-order valence-electron chi connectivity index (χ1n) is 9.14. The van der Waals surface area contributed by atoms with Crippen LogP contribution in [0.4, 0.5) is 9.93 Å². The van der Waals surface area contributed by atoms with E-state index in [1.807, 2.05) is 19.0 Å². The molecule has 0 fully saturated rings. The van der Waals surface area contributed by atoms with Crippen molar-refractivity contribution in [2.75, 3.05) is 32.5 Å². The molecule has 1 heterocycles. The molecule has 0 radical (unpaired) electrons. The number of amides is 2. The van der Waals surface area contributed by atoms with Gasteiger partial charge in [-0.1, -0.05) is 40.6 Å². The lowest BCUT2D eigenvalue weighted by Gasteiger charge is -2.09. The van der Waals surface area contributed by atoms with Crippen molar-refractivity contribution in [3.8, 4) is 5.75 Å². The smallest absolute Gasteiger partial charge is 0.342 e. The Morgan fingerprint density at radius 2 is 1.90 bits per heavy atom. The van der Waals surface area contributed by atoms with E-state index in [1.165, 1.54) is 35.6 Å². The molecule has 0 aliphatic carbocycles. The van der Waals surface area contributed by atoms with Gasteiger partial charge < -0.3 is 14.4 Å². The molecule has 2 amide bonds. The number of carbonyl (C=O) groups is 1. The molecule has 3 rings (SSSR count). The number of rotatable bonds is 8. The number of fused-ring (bicyclic) bond motifs is 1. The van der Waals surface area contributed by atoms with Crippen LogP contribution >= 0.6 is 34.5 Å². The number of urea groups is 1. The molecule has 0 aliphatic heterocycles. The van der Waals surface area contributed by atoms with E-state index in [-0.39, 0.29) is 26.7 Å². The number of anilines is 1. The van der Waals surface area contributed by atoms with Gasteiger partial charge in [-0.15, -0.1) is 0 Å². The van der Waals surface area contributed by atoms with Crippen LogP contribution in [-0.4, -0.2) is 51.5 Å². The maximum absolute atomic E-state index is 12.6. The maximum Gasteiger partial charge on any atom is 0.342 e. The molecule has 0 unspecified atom stereocenters. The van der Waals surface area contributed by atoms with Gasteiger partial charge in [0.05, 0.1) is 20.3 Å². The summed E-state index contributed by atoms with van der Waals surface area (Å²) in [4.78, 5) is 18.1. The fourth-order valence-electron chi connectivity index (χ4n) is 2.64. The molecule has 166 valence electrons. The van der Waals surface area contributed by atoms with Crippen molar-refractivity contribution in [1.29, 1.82) is 0 Å². The number of hydrogen-bond donors (Lipinski definition) is 2. The fourth-order valence-corrected chi connectivity index (χ4v) is 5.55. The van der Waals surface area contributed by atoms with E-state index < -0.39 is 10.1 Å². The first kappa shape index (κ1) is 23.6. The minimum absolute atomic E-state index is 0.0329. The fraction of sp³-hybridized carbons (Fsp3) is 0.263. The van der Waals surface area contributed by atoms with Gasteiger partial charge in [-0.05, 0) is 51.3 Å². The Hall–Kier alpha value is -2.11. The largest absolute Gasteiger partial charge is 0.379 e. The van der Waals surface area contributed by atoms with Crippen LogP contribution in [0.2, 0.25) is 10.0 Å². The number of benzene rings is 2. The minimum Gasteiger partial charge on any atom is -0.379 e. The Balaban J connectivity index is 1.70. The summed E-state index contributed by atoms with van der Waals surface area (Å²) >= 11 is 13.2. The second kappa shape index (κ2) is 10.0. The Morgan fingerprint density at radius 1 is 1.19 bits per heavy atom. The van der Waals surface area contributed by atoms with Crippen LogP contribution < -0.4 is 14.8 Å². The van der Waals surface area contributed by atoms with Crippen LogP contribution in [0.1, 0.15) is 6.42 Å². The maximum atomic E-state index is 12.6. The number of nitrogens with zero attached hydrogens (tertiary/aromatic N) is 2. The Labute approximate surface area is 194 Å². The second-order valence-corrected chi connectivity index (χ2v) is 10.1. The van der Waals surface area contributed by atoms with Gasteiger partial charge in [-0.2, -0.15) is 8.42 Å². The highest BCUT2D eigenvalue weighted by Gasteiger charge is 2.24. The van der Waals surface area contributed by atoms with E-state index >= 15 is 0 Å². The van der Waals surface area contributed by atoms with Crippen LogP contribution in [0.5, 0.6) is 5.75 Å². The number of nitrogens with one attached hydrogen (secondary N) is 2. The van der Waals surface area contributed by atoms with Gasteiger partial charge in [-0.3, -0.25) is 5.32 Å². The quantitative estimate of drug-likeness (QED) is 0.348. The van der Waals surface area contributed by atoms with E-state index in [2.05, 4.69) is 15.6 Å². The van der Waals surface area contributed by atoms with Crippen LogP contribution in [0.25, 0.3) is 10.2 Å². The number of halogens is 2. The summed E-state index contributed by atoms with van der Waals surface area (Å²) in [6, 6.07) is 8.61. The average molecular weight is 503 g/mol. The summed E-state index contributed by atoms with van der Waals surface area (Å²) in [5.41, 5.74) is 0.591. The van der Waals surface area contributed by atoms with Gasteiger partial charge in [0.25, 0.3) is 0 Å². The van der Waals surface area contributed by atoms with Crippen LogP contribution in [0.15, 0.2) is 41.3 Å². The lowest BCUT2D eigenvalue weighted by Crippen LogP contribution is -2.31. The lowest BCUT2D eigenvalue weighted by molar-refractivity contribution is 0.251. The van der Waals surface area contributed by atoms with E-state index in [1.54, 1.807) is 12.1 Å². The molecule has 31 heavy (non-hydrogen) atoms. The first-order chi connectivity index (χ1) is 14.7. The average Bonchev–Trinajstić information content (AvgIpc) is 3.05. The van der Waals surface area contributed by atoms with Crippen molar-refractivity contribution in [2.24, 2.45) is 0 Å². The molecule has 0 saturated heterocycles. The molecule has 0 aliphatic rings. The molecule has 8 nitrogen and oxygen atoms in total.